The normalized spacial score (nSPS) is 17.4. The second kappa shape index (κ2) is 7.55. The summed E-state index contributed by atoms with van der Waals surface area (Å²) in [6.45, 7) is 6.89. The van der Waals surface area contributed by atoms with Crippen LogP contribution in [0.15, 0.2) is 54.6 Å². The topological polar surface area (TPSA) is 38.1 Å². The molecule has 0 saturated carbocycles. The fourth-order valence-corrected chi connectivity index (χ4v) is 3.93. The van der Waals surface area contributed by atoms with Crippen molar-refractivity contribution in [3.63, 3.8) is 0 Å². The average molecular weight is 361 g/mol. The average Bonchev–Trinajstić information content (AvgIpc) is 3.21. The molecule has 3 aromatic rings. The Morgan fingerprint density at radius 2 is 1.81 bits per heavy atom. The smallest absolute Gasteiger partial charge is 0.223 e. The van der Waals surface area contributed by atoms with Crippen molar-refractivity contribution in [3.05, 3.63) is 66.0 Å². The van der Waals surface area contributed by atoms with Crippen LogP contribution in [-0.2, 0) is 17.9 Å². The van der Waals surface area contributed by atoms with Gasteiger partial charge in [-0.1, -0.05) is 56.3 Å². The Morgan fingerprint density at radius 1 is 1.07 bits per heavy atom. The maximum Gasteiger partial charge on any atom is 0.223 e. The van der Waals surface area contributed by atoms with Gasteiger partial charge in [-0.3, -0.25) is 4.79 Å². The molecule has 1 unspecified atom stereocenters. The second-order valence-electron chi connectivity index (χ2n) is 7.95. The van der Waals surface area contributed by atoms with Crippen molar-refractivity contribution in [2.24, 2.45) is 5.92 Å². The zero-order valence-corrected chi connectivity index (χ0v) is 16.1. The minimum Gasteiger partial charge on any atom is -0.338 e. The van der Waals surface area contributed by atoms with Gasteiger partial charge in [-0.2, -0.15) is 0 Å². The molecule has 1 aliphatic rings. The van der Waals surface area contributed by atoms with Gasteiger partial charge in [-0.25, -0.2) is 4.98 Å². The number of benzene rings is 2. The van der Waals surface area contributed by atoms with Crippen LogP contribution in [0.1, 0.15) is 44.0 Å². The maximum absolute atomic E-state index is 12.6. The molecule has 0 spiro atoms. The fourth-order valence-electron chi connectivity index (χ4n) is 3.93. The van der Waals surface area contributed by atoms with Crippen LogP contribution in [0, 0.1) is 5.92 Å². The third kappa shape index (κ3) is 3.75. The molecule has 140 valence electrons. The molecule has 1 fully saturated rings. The third-order valence-electron chi connectivity index (χ3n) is 5.41. The van der Waals surface area contributed by atoms with Crippen LogP contribution in [0.2, 0.25) is 0 Å². The zero-order valence-electron chi connectivity index (χ0n) is 16.1. The molecule has 1 saturated heterocycles. The highest BCUT2D eigenvalue weighted by molar-refractivity contribution is 5.81. The molecule has 0 bridgehead atoms. The molecular formula is C23H27N3O. The first-order chi connectivity index (χ1) is 13.1. The van der Waals surface area contributed by atoms with Crippen LogP contribution in [0.5, 0.6) is 0 Å². The van der Waals surface area contributed by atoms with E-state index < -0.39 is 0 Å². The summed E-state index contributed by atoms with van der Waals surface area (Å²) in [5.41, 5.74) is 3.40. The molecule has 27 heavy (non-hydrogen) atoms. The lowest BCUT2D eigenvalue weighted by Crippen LogP contribution is -2.24. The SMILES string of the molecule is CC(C)CCn1c(C2CC(=O)N(Cc3ccccc3)C2)nc2ccccc21. The van der Waals surface area contributed by atoms with Gasteiger partial charge in [0.05, 0.1) is 11.0 Å². The van der Waals surface area contributed by atoms with Gasteiger partial charge in [-0.15, -0.1) is 0 Å². The van der Waals surface area contributed by atoms with E-state index in [1.807, 2.05) is 29.2 Å². The molecule has 1 aliphatic heterocycles. The number of fused-ring (bicyclic) bond motifs is 1. The lowest BCUT2D eigenvalue weighted by molar-refractivity contribution is -0.128. The predicted octanol–water partition coefficient (Wildman–Crippen LogP) is 4.60. The number of aromatic nitrogens is 2. The number of para-hydroxylation sites is 2. The van der Waals surface area contributed by atoms with E-state index in [0.717, 1.165) is 30.9 Å². The Hall–Kier alpha value is -2.62. The summed E-state index contributed by atoms with van der Waals surface area (Å²) in [5, 5.41) is 0. The highest BCUT2D eigenvalue weighted by atomic mass is 16.2. The molecule has 0 N–H and O–H groups in total. The van der Waals surface area contributed by atoms with Crippen LogP contribution < -0.4 is 0 Å². The van der Waals surface area contributed by atoms with Gasteiger partial charge in [0.1, 0.15) is 5.82 Å². The number of rotatable bonds is 6. The minimum absolute atomic E-state index is 0.167. The summed E-state index contributed by atoms with van der Waals surface area (Å²) in [7, 11) is 0. The molecule has 1 aromatic heterocycles. The van der Waals surface area contributed by atoms with E-state index in [0.29, 0.717) is 18.9 Å². The number of carbonyl (C=O) groups excluding carboxylic acids is 1. The van der Waals surface area contributed by atoms with Crippen molar-refractivity contribution in [2.75, 3.05) is 6.54 Å². The van der Waals surface area contributed by atoms with Crippen LogP contribution in [0.3, 0.4) is 0 Å². The van der Waals surface area contributed by atoms with Crippen LogP contribution >= 0.6 is 0 Å². The number of imidazole rings is 1. The van der Waals surface area contributed by atoms with Crippen LogP contribution in [-0.4, -0.2) is 26.9 Å². The largest absolute Gasteiger partial charge is 0.338 e. The number of hydrogen-bond donors (Lipinski definition) is 0. The lowest BCUT2D eigenvalue weighted by atomic mass is 10.1. The lowest BCUT2D eigenvalue weighted by Gasteiger charge is -2.18. The van der Waals surface area contributed by atoms with Gasteiger partial charge in [0.15, 0.2) is 0 Å². The highest BCUT2D eigenvalue weighted by Crippen LogP contribution is 2.31. The van der Waals surface area contributed by atoms with Crippen LogP contribution in [0.4, 0.5) is 0 Å². The standard InChI is InChI=1S/C23H27N3O/c1-17(2)12-13-26-21-11-7-6-10-20(21)24-23(26)19-14-22(27)25(16-19)15-18-8-4-3-5-9-18/h3-11,17,19H,12-16H2,1-2H3. The molecule has 2 aromatic carbocycles. The van der Waals surface area contributed by atoms with Gasteiger partial charge >= 0.3 is 0 Å². The van der Waals surface area contributed by atoms with Crippen molar-refractivity contribution in [1.82, 2.24) is 14.5 Å². The minimum atomic E-state index is 0.167. The first kappa shape index (κ1) is 17.8. The quantitative estimate of drug-likeness (QED) is 0.644. The van der Waals surface area contributed by atoms with Gasteiger partial charge in [-0.05, 0) is 30.0 Å². The summed E-state index contributed by atoms with van der Waals surface area (Å²) >= 11 is 0. The Balaban J connectivity index is 1.60. The van der Waals surface area contributed by atoms with E-state index in [-0.39, 0.29) is 11.8 Å². The second-order valence-corrected chi connectivity index (χ2v) is 7.95. The van der Waals surface area contributed by atoms with Gasteiger partial charge in [0.25, 0.3) is 0 Å². The predicted molar refractivity (Wildman–Crippen MR) is 108 cm³/mol. The molecule has 1 atom stereocenters. The Bertz CT molecular complexity index is 929. The van der Waals surface area contributed by atoms with E-state index in [4.69, 9.17) is 4.98 Å². The van der Waals surface area contributed by atoms with E-state index in [9.17, 15) is 4.79 Å². The molecule has 4 rings (SSSR count). The number of nitrogens with zero attached hydrogens (tertiary/aromatic N) is 3. The van der Waals surface area contributed by atoms with E-state index >= 15 is 0 Å². The summed E-state index contributed by atoms with van der Waals surface area (Å²) in [4.78, 5) is 19.6. The Morgan fingerprint density at radius 3 is 2.59 bits per heavy atom. The van der Waals surface area contributed by atoms with Gasteiger partial charge < -0.3 is 9.47 Å². The monoisotopic (exact) mass is 361 g/mol. The maximum atomic E-state index is 12.6. The van der Waals surface area contributed by atoms with Crippen molar-refractivity contribution >= 4 is 16.9 Å². The van der Waals surface area contributed by atoms with E-state index in [2.05, 4.69) is 48.7 Å². The Kier molecular flexibility index (Phi) is 4.97. The third-order valence-corrected chi connectivity index (χ3v) is 5.41. The number of carbonyl (C=O) groups is 1. The first-order valence-corrected chi connectivity index (χ1v) is 9.88. The van der Waals surface area contributed by atoms with Crippen molar-refractivity contribution < 1.29 is 4.79 Å². The number of hydrogen-bond acceptors (Lipinski definition) is 2. The molecule has 4 heteroatoms. The summed E-state index contributed by atoms with van der Waals surface area (Å²) in [5.74, 6) is 2.10. The molecular weight excluding hydrogens is 334 g/mol. The molecule has 0 aliphatic carbocycles. The first-order valence-electron chi connectivity index (χ1n) is 9.88. The fraction of sp³-hybridized carbons (Fsp3) is 0.391. The number of aryl methyl sites for hydroxylation is 1. The molecule has 2 heterocycles. The Labute approximate surface area is 160 Å². The van der Waals surface area contributed by atoms with E-state index in [1.54, 1.807) is 0 Å². The summed E-state index contributed by atoms with van der Waals surface area (Å²) < 4.78 is 2.35. The molecule has 1 amide bonds. The zero-order chi connectivity index (χ0) is 18.8. The van der Waals surface area contributed by atoms with Crippen LogP contribution in [0.25, 0.3) is 11.0 Å². The summed E-state index contributed by atoms with van der Waals surface area (Å²) in [6, 6.07) is 18.5. The number of amides is 1. The van der Waals surface area contributed by atoms with Crippen molar-refractivity contribution in [2.45, 2.75) is 45.7 Å². The molecule has 4 nitrogen and oxygen atoms in total. The van der Waals surface area contributed by atoms with Gasteiger partial charge in [0, 0.05) is 32.0 Å². The molecule has 0 radical (unpaired) electrons. The number of likely N-dealkylation sites (tertiary alicyclic amines) is 1. The summed E-state index contributed by atoms with van der Waals surface area (Å²) in [6.07, 6.45) is 1.67. The highest BCUT2D eigenvalue weighted by Gasteiger charge is 2.33. The van der Waals surface area contributed by atoms with Gasteiger partial charge in [0.2, 0.25) is 5.91 Å². The van der Waals surface area contributed by atoms with E-state index in [1.165, 1.54) is 11.1 Å². The van der Waals surface area contributed by atoms with Crippen molar-refractivity contribution in [1.29, 1.82) is 0 Å². The van der Waals surface area contributed by atoms with Crippen molar-refractivity contribution in [3.8, 4) is 0 Å².